The Kier molecular flexibility index (Phi) is 7.38. The normalized spacial score (nSPS) is 11.3. The summed E-state index contributed by atoms with van der Waals surface area (Å²) >= 11 is 1.85. The van der Waals surface area contributed by atoms with Crippen LogP contribution < -0.4 is 0 Å². The fraction of sp³-hybridized carbons (Fsp3) is 0. The smallest absolute Gasteiger partial charge is 0.160 e. The van der Waals surface area contributed by atoms with Gasteiger partial charge >= 0.3 is 0 Å². The Morgan fingerprint density at radius 2 is 0.816 bits per heavy atom. The Morgan fingerprint density at radius 1 is 0.327 bits per heavy atom. The summed E-state index contributed by atoms with van der Waals surface area (Å²) in [6.45, 7) is 0. The molecule has 3 heteroatoms. The number of benzene rings is 7. The predicted octanol–water partition coefficient (Wildman–Crippen LogP) is 12.8. The maximum atomic E-state index is 5.19. The van der Waals surface area contributed by atoms with E-state index >= 15 is 0 Å². The van der Waals surface area contributed by atoms with Gasteiger partial charge in [-0.25, -0.2) is 9.97 Å². The van der Waals surface area contributed by atoms with Gasteiger partial charge in [-0.3, -0.25) is 0 Å². The molecule has 0 aliphatic rings. The molecule has 0 aliphatic carbocycles. The SMILES string of the molecule is c1ccc(-c2ccc(-c3cc(-c4cccc(-c5cccc6sc7ccccc7c56)c4)nc(-c4ccc(-c5ccccc5)cc4)n3)cc2)cc1. The van der Waals surface area contributed by atoms with Gasteiger partial charge in [0, 0.05) is 36.9 Å². The Hall–Kier alpha value is -6.16. The van der Waals surface area contributed by atoms with Crippen LogP contribution in [0.4, 0.5) is 0 Å². The summed E-state index contributed by atoms with van der Waals surface area (Å²) in [4.78, 5) is 10.3. The van der Waals surface area contributed by atoms with Crippen molar-refractivity contribution in [1.29, 1.82) is 0 Å². The maximum Gasteiger partial charge on any atom is 0.160 e. The fourth-order valence-corrected chi connectivity index (χ4v) is 7.77. The third-order valence-electron chi connectivity index (χ3n) is 9.14. The first kappa shape index (κ1) is 29.0. The van der Waals surface area contributed by atoms with E-state index in [1.165, 1.54) is 53.6 Å². The van der Waals surface area contributed by atoms with Gasteiger partial charge in [0.2, 0.25) is 0 Å². The zero-order chi connectivity index (χ0) is 32.6. The van der Waals surface area contributed by atoms with Crippen molar-refractivity contribution in [3.63, 3.8) is 0 Å². The molecule has 0 saturated carbocycles. The molecule has 2 aromatic heterocycles. The van der Waals surface area contributed by atoms with E-state index < -0.39 is 0 Å². The van der Waals surface area contributed by atoms with Crippen LogP contribution in [0.25, 0.3) is 87.5 Å². The molecule has 230 valence electrons. The average Bonchev–Trinajstić information content (AvgIpc) is 3.58. The van der Waals surface area contributed by atoms with Gasteiger partial charge in [0.05, 0.1) is 11.4 Å². The van der Waals surface area contributed by atoms with Crippen molar-refractivity contribution in [1.82, 2.24) is 9.97 Å². The lowest BCUT2D eigenvalue weighted by atomic mass is 9.96. The summed E-state index contributed by atoms with van der Waals surface area (Å²) in [7, 11) is 0. The quantitative estimate of drug-likeness (QED) is 0.180. The van der Waals surface area contributed by atoms with E-state index in [0.29, 0.717) is 5.82 Å². The molecule has 9 rings (SSSR count). The number of aromatic nitrogens is 2. The second-order valence-electron chi connectivity index (χ2n) is 12.2. The standard InChI is InChI=1S/C46H30N2S/c1-3-11-31(12-4-1)33-21-25-35(26-22-33)41-30-42(48-46(47-41)36-27-23-34(24-28-36)32-13-5-2-6-14-32)38-16-9-15-37(29-38)39-18-10-20-44-45(39)40-17-7-8-19-43(40)49-44/h1-30H. The van der Waals surface area contributed by atoms with Gasteiger partial charge in [-0.15, -0.1) is 11.3 Å². The highest BCUT2D eigenvalue weighted by atomic mass is 32.1. The average molecular weight is 643 g/mol. The highest BCUT2D eigenvalue weighted by Crippen LogP contribution is 2.41. The molecular weight excluding hydrogens is 613 g/mol. The van der Waals surface area contributed by atoms with Crippen LogP contribution in [0.15, 0.2) is 182 Å². The van der Waals surface area contributed by atoms with Gasteiger partial charge in [-0.1, -0.05) is 158 Å². The molecule has 0 unspecified atom stereocenters. The molecule has 0 amide bonds. The van der Waals surface area contributed by atoms with Crippen LogP contribution in [0.1, 0.15) is 0 Å². The first-order valence-electron chi connectivity index (χ1n) is 16.5. The summed E-state index contributed by atoms with van der Waals surface area (Å²) in [6.07, 6.45) is 0. The van der Waals surface area contributed by atoms with E-state index in [1.54, 1.807) is 0 Å². The molecular formula is C46H30N2S. The van der Waals surface area contributed by atoms with Crippen molar-refractivity contribution >= 4 is 31.5 Å². The lowest BCUT2D eigenvalue weighted by molar-refractivity contribution is 1.18. The van der Waals surface area contributed by atoms with Gasteiger partial charge in [0.25, 0.3) is 0 Å². The van der Waals surface area contributed by atoms with Gasteiger partial charge < -0.3 is 0 Å². The van der Waals surface area contributed by atoms with Crippen LogP contribution in [-0.2, 0) is 0 Å². The molecule has 0 radical (unpaired) electrons. The van der Waals surface area contributed by atoms with Crippen LogP contribution in [-0.4, -0.2) is 9.97 Å². The number of rotatable bonds is 6. The Morgan fingerprint density at radius 3 is 1.51 bits per heavy atom. The predicted molar refractivity (Wildman–Crippen MR) is 208 cm³/mol. The van der Waals surface area contributed by atoms with Crippen molar-refractivity contribution in [3.05, 3.63) is 182 Å². The molecule has 0 atom stereocenters. The van der Waals surface area contributed by atoms with Crippen molar-refractivity contribution in [2.45, 2.75) is 0 Å². The summed E-state index contributed by atoms with van der Waals surface area (Å²) in [5.41, 5.74) is 12.0. The van der Waals surface area contributed by atoms with Crippen LogP contribution in [0, 0.1) is 0 Å². The third kappa shape index (κ3) is 5.61. The minimum Gasteiger partial charge on any atom is -0.228 e. The highest BCUT2D eigenvalue weighted by molar-refractivity contribution is 7.25. The number of nitrogens with zero attached hydrogens (tertiary/aromatic N) is 2. The summed E-state index contributed by atoms with van der Waals surface area (Å²) in [5, 5.41) is 2.61. The first-order valence-corrected chi connectivity index (χ1v) is 17.3. The monoisotopic (exact) mass is 642 g/mol. The van der Waals surface area contributed by atoms with E-state index in [0.717, 1.165) is 28.1 Å². The number of hydrogen-bond donors (Lipinski definition) is 0. The van der Waals surface area contributed by atoms with Gasteiger partial charge in [-0.05, 0) is 57.6 Å². The number of thiophene rings is 1. The molecule has 0 aliphatic heterocycles. The van der Waals surface area contributed by atoms with E-state index in [1.807, 2.05) is 23.5 Å². The molecule has 9 aromatic rings. The van der Waals surface area contributed by atoms with E-state index in [2.05, 4.69) is 170 Å². The number of fused-ring (bicyclic) bond motifs is 3. The summed E-state index contributed by atoms with van der Waals surface area (Å²) in [6, 6.07) is 64.4. The van der Waals surface area contributed by atoms with Crippen LogP contribution in [0.2, 0.25) is 0 Å². The second kappa shape index (κ2) is 12.5. The fourth-order valence-electron chi connectivity index (χ4n) is 6.64. The zero-order valence-corrected chi connectivity index (χ0v) is 27.4. The third-order valence-corrected chi connectivity index (χ3v) is 10.3. The minimum atomic E-state index is 0.704. The van der Waals surface area contributed by atoms with E-state index in [4.69, 9.17) is 9.97 Å². The van der Waals surface area contributed by atoms with Gasteiger partial charge in [-0.2, -0.15) is 0 Å². The minimum absolute atomic E-state index is 0.704. The van der Waals surface area contributed by atoms with Gasteiger partial charge in [0.1, 0.15) is 0 Å². The van der Waals surface area contributed by atoms with E-state index in [-0.39, 0.29) is 0 Å². The van der Waals surface area contributed by atoms with Crippen molar-refractivity contribution in [2.24, 2.45) is 0 Å². The van der Waals surface area contributed by atoms with E-state index in [9.17, 15) is 0 Å². The topological polar surface area (TPSA) is 25.8 Å². The molecule has 2 nitrogen and oxygen atoms in total. The second-order valence-corrected chi connectivity index (χ2v) is 13.3. The van der Waals surface area contributed by atoms with Crippen LogP contribution in [0.3, 0.4) is 0 Å². The maximum absolute atomic E-state index is 5.19. The van der Waals surface area contributed by atoms with Crippen LogP contribution in [0.5, 0.6) is 0 Å². The highest BCUT2D eigenvalue weighted by Gasteiger charge is 2.14. The van der Waals surface area contributed by atoms with Crippen LogP contribution >= 0.6 is 11.3 Å². The lowest BCUT2D eigenvalue weighted by Gasteiger charge is -2.12. The molecule has 2 heterocycles. The Balaban J connectivity index is 1.16. The molecule has 49 heavy (non-hydrogen) atoms. The molecule has 0 saturated heterocycles. The molecule has 0 N–H and O–H groups in total. The van der Waals surface area contributed by atoms with Crippen molar-refractivity contribution in [3.8, 4) is 67.3 Å². The molecule has 0 spiro atoms. The Labute approximate surface area is 289 Å². The molecule has 7 aromatic carbocycles. The summed E-state index contributed by atoms with van der Waals surface area (Å²) < 4.78 is 2.61. The Bertz CT molecular complexity index is 2470. The summed E-state index contributed by atoms with van der Waals surface area (Å²) in [5.74, 6) is 0.704. The molecule has 0 bridgehead atoms. The molecule has 0 fully saturated rings. The van der Waals surface area contributed by atoms with Crippen molar-refractivity contribution in [2.75, 3.05) is 0 Å². The van der Waals surface area contributed by atoms with Gasteiger partial charge in [0.15, 0.2) is 5.82 Å². The largest absolute Gasteiger partial charge is 0.228 e. The first-order chi connectivity index (χ1) is 24.3. The van der Waals surface area contributed by atoms with Crippen molar-refractivity contribution < 1.29 is 0 Å². The lowest BCUT2D eigenvalue weighted by Crippen LogP contribution is -1.96. The zero-order valence-electron chi connectivity index (χ0n) is 26.6. The number of hydrogen-bond acceptors (Lipinski definition) is 3.